The van der Waals surface area contributed by atoms with E-state index in [2.05, 4.69) is 63.7 Å². The van der Waals surface area contributed by atoms with Crippen molar-refractivity contribution < 1.29 is 14.6 Å². The Hall–Kier alpha value is -2.39. The van der Waals surface area contributed by atoms with Crippen molar-refractivity contribution in [2.45, 2.75) is 129 Å². The summed E-state index contributed by atoms with van der Waals surface area (Å²) in [5.41, 5.74) is 9.17. The fourth-order valence-electron chi connectivity index (χ4n) is 7.94. The van der Waals surface area contributed by atoms with E-state index in [1.54, 1.807) is 18.1 Å². The highest BCUT2D eigenvalue weighted by Gasteiger charge is 2.27. The maximum absolute atomic E-state index is 11.8. The summed E-state index contributed by atoms with van der Waals surface area (Å²) in [6.45, 7) is 12.6. The van der Waals surface area contributed by atoms with E-state index in [9.17, 15) is 9.90 Å². The molecule has 0 amide bonds. The normalized spacial score (nSPS) is 23.1. The van der Waals surface area contributed by atoms with Gasteiger partial charge < -0.3 is 9.84 Å². The number of unbranched alkanes of at least 4 members (excludes halogenated alkanes) is 2. The smallest absolute Gasteiger partial charge is 0.333 e. The van der Waals surface area contributed by atoms with E-state index in [1.165, 1.54) is 99.3 Å². The molecule has 2 aliphatic rings. The van der Waals surface area contributed by atoms with E-state index in [4.69, 9.17) is 4.74 Å². The lowest BCUT2D eigenvalue weighted by Gasteiger charge is -2.31. The van der Waals surface area contributed by atoms with Gasteiger partial charge in [-0.1, -0.05) is 82.5 Å². The summed E-state index contributed by atoms with van der Waals surface area (Å²) in [4.78, 5) is 11.8. The Balaban J connectivity index is 1.33. The van der Waals surface area contributed by atoms with Crippen LogP contribution in [0.2, 0.25) is 0 Å². The molecule has 2 aromatic carbocycles. The topological polar surface area (TPSA) is 46.5 Å². The zero-order valence-corrected chi connectivity index (χ0v) is 27.6. The van der Waals surface area contributed by atoms with Gasteiger partial charge in [-0.2, -0.15) is 0 Å². The highest BCUT2D eigenvalue weighted by atomic mass is 16.5. The Labute approximate surface area is 262 Å². The minimum atomic E-state index is -0.363. The van der Waals surface area contributed by atoms with E-state index in [0.29, 0.717) is 17.4 Å². The fraction of sp³-hybridized carbons (Fsp3) is 0.625. The summed E-state index contributed by atoms with van der Waals surface area (Å²) in [5.74, 6) is 2.53. The maximum Gasteiger partial charge on any atom is 0.333 e. The lowest BCUT2D eigenvalue weighted by Crippen LogP contribution is -2.23. The molecular formula is C40H58O3. The highest BCUT2D eigenvalue weighted by Crippen LogP contribution is 2.42. The minimum Gasteiger partial charge on any atom is -0.462 e. The SMILES string of the molecule is C=C(C)C(=O)OCC(CO)CC1CCC(c2ccc(-c3ccc(C4CCC(CCCCC)CC4)c(CC)c3)cc2C)CC1. The van der Waals surface area contributed by atoms with E-state index >= 15 is 0 Å². The van der Waals surface area contributed by atoms with Crippen molar-refractivity contribution in [1.29, 1.82) is 0 Å². The van der Waals surface area contributed by atoms with E-state index in [0.717, 1.165) is 24.7 Å². The number of benzene rings is 2. The number of carbonyl (C=O) groups excluding carboxylic acids is 1. The van der Waals surface area contributed by atoms with Gasteiger partial charge in [-0.3, -0.25) is 0 Å². The van der Waals surface area contributed by atoms with Gasteiger partial charge in [0, 0.05) is 18.1 Å². The molecule has 0 aliphatic heterocycles. The quantitative estimate of drug-likeness (QED) is 0.136. The van der Waals surface area contributed by atoms with Crippen LogP contribution in [0.15, 0.2) is 48.6 Å². The van der Waals surface area contributed by atoms with Crippen molar-refractivity contribution in [3.63, 3.8) is 0 Å². The van der Waals surface area contributed by atoms with Crippen molar-refractivity contribution >= 4 is 5.97 Å². The van der Waals surface area contributed by atoms with Crippen LogP contribution in [0.4, 0.5) is 0 Å². The molecule has 1 unspecified atom stereocenters. The third kappa shape index (κ3) is 9.30. The number of ether oxygens (including phenoxy) is 1. The summed E-state index contributed by atoms with van der Waals surface area (Å²) in [6.07, 6.45) is 17.9. The summed E-state index contributed by atoms with van der Waals surface area (Å²) < 4.78 is 5.32. The Kier molecular flexibility index (Phi) is 12.9. The summed E-state index contributed by atoms with van der Waals surface area (Å²) in [6, 6.07) is 14.5. The molecule has 236 valence electrons. The first-order valence-electron chi connectivity index (χ1n) is 17.5. The largest absolute Gasteiger partial charge is 0.462 e. The molecule has 0 saturated heterocycles. The molecule has 4 rings (SSSR count). The van der Waals surface area contributed by atoms with Crippen molar-refractivity contribution in [2.75, 3.05) is 13.2 Å². The molecule has 3 heteroatoms. The molecule has 2 fully saturated rings. The number of aliphatic hydroxyl groups excluding tert-OH is 1. The van der Waals surface area contributed by atoms with Gasteiger partial charge in [-0.15, -0.1) is 0 Å². The molecule has 1 N–H and O–H groups in total. The Morgan fingerprint density at radius 3 is 2.07 bits per heavy atom. The standard InChI is InChI=1S/C40H58O3/c1-6-8-9-10-30-11-15-35(16-12-30)39-22-20-37(25-33(39)7-2)36-19-21-38(29(5)23-36)34-17-13-31(14-18-34)24-32(26-41)27-43-40(42)28(3)4/h19-23,25,30-32,34-35,41H,3,6-18,24,26-27H2,1-2,4-5H3. The number of carbonyl (C=O) groups is 1. The zero-order valence-electron chi connectivity index (χ0n) is 27.6. The predicted octanol–water partition coefficient (Wildman–Crippen LogP) is 10.5. The number of hydrogen-bond acceptors (Lipinski definition) is 3. The Bertz CT molecular complexity index is 1180. The van der Waals surface area contributed by atoms with Crippen molar-refractivity contribution in [3.05, 3.63) is 70.8 Å². The molecule has 1 atom stereocenters. The Morgan fingerprint density at radius 1 is 0.884 bits per heavy atom. The van der Waals surface area contributed by atoms with E-state index in [1.807, 2.05) is 0 Å². The average Bonchev–Trinajstić information content (AvgIpc) is 3.03. The van der Waals surface area contributed by atoms with Crippen LogP contribution in [0.3, 0.4) is 0 Å². The Morgan fingerprint density at radius 2 is 1.49 bits per heavy atom. The number of rotatable bonds is 14. The van der Waals surface area contributed by atoms with Gasteiger partial charge in [0.05, 0.1) is 6.61 Å². The number of esters is 1. The first kappa shape index (κ1) is 33.5. The van der Waals surface area contributed by atoms with Crippen molar-refractivity contribution in [1.82, 2.24) is 0 Å². The summed E-state index contributed by atoms with van der Waals surface area (Å²) in [7, 11) is 0. The molecule has 0 bridgehead atoms. The van der Waals surface area contributed by atoms with Crippen LogP contribution in [0, 0.1) is 24.7 Å². The first-order chi connectivity index (χ1) is 20.8. The van der Waals surface area contributed by atoms with Crippen LogP contribution in [0.1, 0.15) is 138 Å². The van der Waals surface area contributed by atoms with Crippen molar-refractivity contribution in [2.24, 2.45) is 17.8 Å². The van der Waals surface area contributed by atoms with Crippen LogP contribution in [-0.4, -0.2) is 24.3 Å². The molecule has 0 heterocycles. The van der Waals surface area contributed by atoms with Crippen LogP contribution >= 0.6 is 0 Å². The van der Waals surface area contributed by atoms with Crippen LogP contribution < -0.4 is 0 Å². The molecule has 3 nitrogen and oxygen atoms in total. The number of aryl methyl sites for hydroxylation is 2. The van der Waals surface area contributed by atoms with Gasteiger partial charge >= 0.3 is 5.97 Å². The molecule has 2 aromatic rings. The summed E-state index contributed by atoms with van der Waals surface area (Å²) in [5, 5.41) is 9.84. The molecule has 43 heavy (non-hydrogen) atoms. The van der Waals surface area contributed by atoms with Gasteiger partial charge in [-0.05, 0) is 135 Å². The second-order valence-corrected chi connectivity index (χ2v) is 13.9. The third-order valence-corrected chi connectivity index (χ3v) is 10.6. The maximum atomic E-state index is 11.8. The second kappa shape index (κ2) is 16.6. The minimum absolute atomic E-state index is 0.0100. The van der Waals surface area contributed by atoms with Crippen molar-refractivity contribution in [3.8, 4) is 11.1 Å². The molecule has 0 aromatic heterocycles. The monoisotopic (exact) mass is 586 g/mol. The fourth-order valence-corrected chi connectivity index (χ4v) is 7.94. The average molecular weight is 587 g/mol. The lowest BCUT2D eigenvalue weighted by atomic mass is 9.74. The first-order valence-corrected chi connectivity index (χ1v) is 17.5. The predicted molar refractivity (Wildman–Crippen MR) is 180 cm³/mol. The van der Waals surface area contributed by atoms with Crippen LogP contribution in [0.25, 0.3) is 11.1 Å². The summed E-state index contributed by atoms with van der Waals surface area (Å²) >= 11 is 0. The zero-order chi connectivity index (χ0) is 30.8. The van der Waals surface area contributed by atoms with E-state index in [-0.39, 0.29) is 25.1 Å². The van der Waals surface area contributed by atoms with E-state index < -0.39 is 0 Å². The van der Waals surface area contributed by atoms with Gasteiger partial charge in [0.2, 0.25) is 0 Å². The number of aliphatic hydroxyl groups is 1. The molecule has 2 saturated carbocycles. The van der Waals surface area contributed by atoms with Gasteiger partial charge in [0.25, 0.3) is 0 Å². The van der Waals surface area contributed by atoms with Crippen LogP contribution in [0.5, 0.6) is 0 Å². The molecule has 0 spiro atoms. The van der Waals surface area contributed by atoms with Gasteiger partial charge in [0.15, 0.2) is 0 Å². The lowest BCUT2D eigenvalue weighted by molar-refractivity contribution is -0.140. The second-order valence-electron chi connectivity index (χ2n) is 13.9. The molecule has 2 aliphatic carbocycles. The highest BCUT2D eigenvalue weighted by molar-refractivity contribution is 5.86. The molecular weight excluding hydrogens is 528 g/mol. The van der Waals surface area contributed by atoms with Gasteiger partial charge in [-0.25, -0.2) is 4.79 Å². The third-order valence-electron chi connectivity index (χ3n) is 10.6. The number of hydrogen-bond donors (Lipinski definition) is 1. The van der Waals surface area contributed by atoms with Gasteiger partial charge in [0.1, 0.15) is 0 Å². The molecule has 0 radical (unpaired) electrons. The van der Waals surface area contributed by atoms with Crippen LogP contribution in [-0.2, 0) is 16.0 Å².